The molecule has 0 radical (unpaired) electrons. The minimum atomic E-state index is -3.74. The van der Waals surface area contributed by atoms with E-state index in [2.05, 4.69) is 6.92 Å². The van der Waals surface area contributed by atoms with Crippen LogP contribution in [0.5, 0.6) is 0 Å². The first-order valence-electron chi connectivity index (χ1n) is 1.80. The maximum Gasteiger partial charge on any atom is 1.00 e. The van der Waals surface area contributed by atoms with Crippen molar-refractivity contribution in [1.82, 2.24) is 0 Å². The van der Waals surface area contributed by atoms with Crippen LogP contribution in [0.2, 0.25) is 0 Å². The maximum absolute atomic E-state index is 9.75. The molecule has 3 nitrogen and oxygen atoms in total. The van der Waals surface area contributed by atoms with Gasteiger partial charge in [-0.15, -0.1) is 0 Å². The Morgan fingerprint density at radius 1 is 1.50 bits per heavy atom. The van der Waals surface area contributed by atoms with E-state index in [9.17, 15) is 8.42 Å². The summed E-state index contributed by atoms with van der Waals surface area (Å²) in [5.74, 6) is -0.243. The van der Waals surface area contributed by atoms with Crippen molar-refractivity contribution in [3.8, 4) is 0 Å². The molecular formula is C3H7KO3S. The quantitative estimate of drug-likeness (QED) is 0.269. The summed E-state index contributed by atoms with van der Waals surface area (Å²) in [6, 6.07) is 0. The summed E-state index contributed by atoms with van der Waals surface area (Å²) < 4.78 is 27.4. The molecule has 0 bridgehead atoms. The van der Waals surface area contributed by atoms with Crippen LogP contribution in [0.4, 0.5) is 0 Å². The van der Waals surface area contributed by atoms with Crippen molar-refractivity contribution in [3.05, 3.63) is 6.92 Å². The van der Waals surface area contributed by atoms with Crippen LogP contribution >= 0.6 is 0 Å². The molecule has 44 valence electrons. The third-order valence-electron chi connectivity index (χ3n) is 0.402. The Balaban J connectivity index is 0. The molecule has 0 rings (SSSR count). The van der Waals surface area contributed by atoms with Gasteiger partial charge in [0.05, 0.1) is 0 Å². The predicted octanol–water partition coefficient (Wildman–Crippen LogP) is -2.90. The molecule has 0 heterocycles. The van der Waals surface area contributed by atoms with Gasteiger partial charge < -0.3 is 6.92 Å². The first-order valence-corrected chi connectivity index (χ1v) is 3.41. The van der Waals surface area contributed by atoms with Gasteiger partial charge in [-0.2, -0.15) is 14.8 Å². The standard InChI is InChI=1S/C3H7O3S.K/c1-2-3-7(4,5)6;/h1-3H2,(H,4,5,6);/q-1;+1. The third-order valence-corrected chi connectivity index (χ3v) is 1.21. The molecule has 0 aromatic rings. The molecule has 0 aliphatic heterocycles. The normalized spacial score (nSPS) is 10.2. The largest absolute Gasteiger partial charge is 1.00 e. The summed E-state index contributed by atoms with van der Waals surface area (Å²) in [4.78, 5) is 0. The molecule has 0 aromatic heterocycles. The molecule has 0 unspecified atom stereocenters. The molecule has 5 heteroatoms. The zero-order chi connectivity index (χ0) is 5.91. The van der Waals surface area contributed by atoms with Crippen LogP contribution in [0, 0.1) is 6.92 Å². The molecule has 0 fully saturated rings. The summed E-state index contributed by atoms with van der Waals surface area (Å²) in [6.07, 6.45) is 0.221. The van der Waals surface area contributed by atoms with Crippen LogP contribution in [0.25, 0.3) is 0 Å². The van der Waals surface area contributed by atoms with E-state index in [0.29, 0.717) is 0 Å². The molecule has 0 atom stereocenters. The van der Waals surface area contributed by atoms with Gasteiger partial charge in [-0.1, -0.05) is 0 Å². The summed E-state index contributed by atoms with van der Waals surface area (Å²) in [7, 11) is -3.74. The Kier molecular flexibility index (Phi) is 8.17. The number of rotatable bonds is 2. The smallest absolute Gasteiger partial charge is 0.342 e. The fourth-order valence-corrected chi connectivity index (χ4v) is 0.547. The SMILES string of the molecule is [CH2-]CCS(=O)(=O)O.[K+]. The second kappa shape index (κ2) is 5.34. The zero-order valence-electron chi connectivity index (χ0n) is 4.79. The molecule has 0 saturated heterocycles. The predicted molar refractivity (Wildman–Crippen MR) is 26.4 cm³/mol. The van der Waals surface area contributed by atoms with E-state index in [4.69, 9.17) is 4.55 Å². The Morgan fingerprint density at radius 2 is 1.88 bits per heavy atom. The molecule has 0 spiro atoms. The second-order valence-electron chi connectivity index (χ2n) is 1.14. The Morgan fingerprint density at radius 3 is 1.88 bits per heavy atom. The van der Waals surface area contributed by atoms with E-state index in [-0.39, 0.29) is 63.6 Å². The molecule has 8 heavy (non-hydrogen) atoms. The minimum absolute atomic E-state index is 0. The molecule has 1 N–H and O–H groups in total. The van der Waals surface area contributed by atoms with E-state index in [1.165, 1.54) is 0 Å². The summed E-state index contributed by atoms with van der Waals surface area (Å²) >= 11 is 0. The van der Waals surface area contributed by atoms with Gasteiger partial charge in [-0.05, 0) is 0 Å². The molecule has 0 saturated carbocycles. The van der Waals surface area contributed by atoms with E-state index in [1.54, 1.807) is 0 Å². The Labute approximate surface area is 92.0 Å². The van der Waals surface area contributed by atoms with Crippen LogP contribution in [-0.4, -0.2) is 18.7 Å². The van der Waals surface area contributed by atoms with Gasteiger partial charge in [0.1, 0.15) is 0 Å². The molecule has 0 aliphatic carbocycles. The van der Waals surface area contributed by atoms with Gasteiger partial charge in [-0.3, -0.25) is 4.55 Å². The second-order valence-corrected chi connectivity index (χ2v) is 2.71. The van der Waals surface area contributed by atoms with Crippen molar-refractivity contribution < 1.29 is 64.4 Å². The van der Waals surface area contributed by atoms with Crippen molar-refractivity contribution in [2.45, 2.75) is 6.42 Å². The van der Waals surface area contributed by atoms with Gasteiger partial charge >= 0.3 is 51.4 Å². The van der Waals surface area contributed by atoms with Crippen molar-refractivity contribution >= 4 is 10.1 Å². The van der Waals surface area contributed by atoms with Crippen LogP contribution < -0.4 is 51.4 Å². The van der Waals surface area contributed by atoms with Crippen molar-refractivity contribution in [1.29, 1.82) is 0 Å². The Hall–Kier alpha value is 1.55. The average Bonchev–Trinajstić information content (AvgIpc) is 1.30. The van der Waals surface area contributed by atoms with E-state index < -0.39 is 10.1 Å². The van der Waals surface area contributed by atoms with E-state index >= 15 is 0 Å². The summed E-state index contributed by atoms with van der Waals surface area (Å²) in [6.45, 7) is 3.23. The first kappa shape index (κ1) is 12.2. The molecule has 0 aromatic carbocycles. The topological polar surface area (TPSA) is 54.4 Å². The summed E-state index contributed by atoms with van der Waals surface area (Å²) in [5.41, 5.74) is 0. The first-order chi connectivity index (χ1) is 3.06. The van der Waals surface area contributed by atoms with Crippen LogP contribution in [0.3, 0.4) is 0 Å². The van der Waals surface area contributed by atoms with Gasteiger partial charge in [-0.25, -0.2) is 0 Å². The number of hydrogen-bond acceptors (Lipinski definition) is 2. The third kappa shape index (κ3) is 10.5. The fraction of sp³-hybridized carbons (Fsp3) is 0.667. The van der Waals surface area contributed by atoms with Crippen molar-refractivity contribution in [3.63, 3.8) is 0 Å². The Bertz CT molecular complexity index is 127. The van der Waals surface area contributed by atoms with Gasteiger partial charge in [0, 0.05) is 5.75 Å². The zero-order valence-corrected chi connectivity index (χ0v) is 8.73. The molecule has 0 amide bonds. The minimum Gasteiger partial charge on any atom is -0.342 e. The maximum atomic E-state index is 9.75. The van der Waals surface area contributed by atoms with Gasteiger partial charge in [0.15, 0.2) is 0 Å². The van der Waals surface area contributed by atoms with Crippen molar-refractivity contribution in [2.24, 2.45) is 0 Å². The van der Waals surface area contributed by atoms with Crippen LogP contribution in [0.15, 0.2) is 0 Å². The molecular weight excluding hydrogens is 155 g/mol. The van der Waals surface area contributed by atoms with Crippen LogP contribution in [-0.2, 0) is 10.1 Å². The van der Waals surface area contributed by atoms with Crippen molar-refractivity contribution in [2.75, 3.05) is 5.75 Å². The average molecular weight is 162 g/mol. The van der Waals surface area contributed by atoms with Gasteiger partial charge in [0.2, 0.25) is 0 Å². The fourth-order valence-electron chi connectivity index (χ4n) is 0.182. The summed E-state index contributed by atoms with van der Waals surface area (Å²) in [5, 5.41) is 0. The van der Waals surface area contributed by atoms with E-state index in [0.717, 1.165) is 0 Å². The molecule has 0 aliphatic rings. The van der Waals surface area contributed by atoms with Gasteiger partial charge in [0.25, 0.3) is 10.1 Å². The van der Waals surface area contributed by atoms with Crippen LogP contribution in [0.1, 0.15) is 6.42 Å². The van der Waals surface area contributed by atoms with E-state index in [1.807, 2.05) is 0 Å². The monoisotopic (exact) mass is 162 g/mol. The number of hydrogen-bond donors (Lipinski definition) is 1.